The summed E-state index contributed by atoms with van der Waals surface area (Å²) in [6, 6.07) is 0. The predicted octanol–water partition coefficient (Wildman–Crippen LogP) is 1.25. The van der Waals surface area contributed by atoms with Crippen LogP contribution in [0.1, 0.15) is 46.0 Å². The van der Waals surface area contributed by atoms with E-state index in [-0.39, 0.29) is 24.8 Å². The van der Waals surface area contributed by atoms with Gasteiger partial charge in [-0.05, 0) is 18.8 Å². The lowest BCUT2D eigenvalue weighted by atomic mass is 9.94. The van der Waals surface area contributed by atoms with Crippen LogP contribution in [-0.2, 0) is 14.4 Å². The molecule has 20 heavy (non-hydrogen) atoms. The first kappa shape index (κ1) is 18.4. The number of nitrogens with one attached hydrogen (secondary N) is 1. The van der Waals surface area contributed by atoms with Crippen molar-refractivity contribution in [2.75, 3.05) is 20.1 Å². The van der Waals surface area contributed by atoms with Crippen LogP contribution in [-0.4, -0.2) is 47.9 Å². The van der Waals surface area contributed by atoms with Crippen molar-refractivity contribution in [3.8, 4) is 0 Å². The maximum Gasteiger partial charge on any atom is 0.303 e. The molecule has 6 nitrogen and oxygen atoms in total. The van der Waals surface area contributed by atoms with Crippen molar-refractivity contribution < 1.29 is 19.5 Å². The predicted molar refractivity (Wildman–Crippen MR) is 76.2 cm³/mol. The third-order valence-corrected chi connectivity index (χ3v) is 3.26. The first-order valence-corrected chi connectivity index (χ1v) is 7.07. The standard InChI is InChI=1S/C14H26N2O4/c1-4-5-12(6-7-14(19)20)8-9-15-13(18)10-16(3)11(2)17/h12H,4-10H2,1-3H3,(H,15,18)(H,19,20). The summed E-state index contributed by atoms with van der Waals surface area (Å²) in [7, 11) is 1.58. The highest BCUT2D eigenvalue weighted by atomic mass is 16.4. The van der Waals surface area contributed by atoms with Crippen molar-refractivity contribution in [3.63, 3.8) is 0 Å². The maximum atomic E-state index is 11.6. The van der Waals surface area contributed by atoms with Crippen molar-refractivity contribution in [1.82, 2.24) is 10.2 Å². The Kier molecular flexibility index (Phi) is 9.41. The number of carboxylic acid groups (broad SMARTS) is 1. The van der Waals surface area contributed by atoms with Crippen molar-refractivity contribution >= 4 is 17.8 Å². The van der Waals surface area contributed by atoms with Crippen LogP contribution >= 0.6 is 0 Å². The van der Waals surface area contributed by atoms with Gasteiger partial charge in [0.05, 0.1) is 6.54 Å². The molecule has 0 rings (SSSR count). The average Bonchev–Trinajstić information content (AvgIpc) is 2.35. The Morgan fingerprint density at radius 3 is 2.35 bits per heavy atom. The van der Waals surface area contributed by atoms with E-state index in [4.69, 9.17) is 5.11 Å². The van der Waals surface area contributed by atoms with Gasteiger partial charge in [0.15, 0.2) is 0 Å². The van der Waals surface area contributed by atoms with Gasteiger partial charge in [0.25, 0.3) is 0 Å². The van der Waals surface area contributed by atoms with Crippen LogP contribution in [0.5, 0.6) is 0 Å². The quantitative estimate of drug-likeness (QED) is 0.633. The maximum absolute atomic E-state index is 11.6. The third-order valence-electron chi connectivity index (χ3n) is 3.26. The van der Waals surface area contributed by atoms with Gasteiger partial charge in [0, 0.05) is 26.9 Å². The monoisotopic (exact) mass is 286 g/mol. The topological polar surface area (TPSA) is 86.7 Å². The van der Waals surface area contributed by atoms with Crippen LogP contribution in [0, 0.1) is 5.92 Å². The van der Waals surface area contributed by atoms with Crippen molar-refractivity contribution in [2.45, 2.75) is 46.0 Å². The highest BCUT2D eigenvalue weighted by molar-refractivity contribution is 5.83. The Hall–Kier alpha value is -1.59. The molecule has 6 heteroatoms. The molecule has 1 atom stereocenters. The lowest BCUT2D eigenvalue weighted by Gasteiger charge is -2.17. The molecular weight excluding hydrogens is 260 g/mol. The summed E-state index contributed by atoms with van der Waals surface area (Å²) in [5.41, 5.74) is 0. The highest BCUT2D eigenvalue weighted by Gasteiger charge is 2.12. The lowest BCUT2D eigenvalue weighted by Crippen LogP contribution is -2.38. The molecule has 0 heterocycles. The van der Waals surface area contributed by atoms with Crippen LogP contribution in [0.2, 0.25) is 0 Å². The molecule has 0 bridgehead atoms. The average molecular weight is 286 g/mol. The fourth-order valence-electron chi connectivity index (χ4n) is 1.97. The van der Waals surface area contributed by atoms with E-state index in [0.29, 0.717) is 18.9 Å². The molecule has 0 aliphatic rings. The van der Waals surface area contributed by atoms with Gasteiger partial charge in [-0.3, -0.25) is 14.4 Å². The summed E-state index contributed by atoms with van der Waals surface area (Å²) < 4.78 is 0. The van der Waals surface area contributed by atoms with Gasteiger partial charge in [0.2, 0.25) is 11.8 Å². The molecular formula is C14H26N2O4. The summed E-state index contributed by atoms with van der Waals surface area (Å²) >= 11 is 0. The summed E-state index contributed by atoms with van der Waals surface area (Å²) in [5.74, 6) is -0.790. The van der Waals surface area contributed by atoms with Gasteiger partial charge in [-0.1, -0.05) is 19.8 Å². The fraction of sp³-hybridized carbons (Fsp3) is 0.786. The second kappa shape index (κ2) is 10.2. The van der Waals surface area contributed by atoms with Crippen LogP contribution < -0.4 is 5.32 Å². The number of aliphatic carboxylic acids is 1. The molecule has 116 valence electrons. The molecule has 0 aromatic carbocycles. The van der Waals surface area contributed by atoms with E-state index in [0.717, 1.165) is 19.3 Å². The van der Waals surface area contributed by atoms with E-state index in [1.807, 2.05) is 0 Å². The summed E-state index contributed by atoms with van der Waals surface area (Å²) in [6.45, 7) is 4.06. The van der Waals surface area contributed by atoms with Crippen molar-refractivity contribution in [1.29, 1.82) is 0 Å². The van der Waals surface area contributed by atoms with Gasteiger partial charge in [-0.25, -0.2) is 0 Å². The first-order chi connectivity index (χ1) is 9.36. The van der Waals surface area contributed by atoms with E-state index in [1.54, 1.807) is 7.05 Å². The smallest absolute Gasteiger partial charge is 0.303 e. The molecule has 0 spiro atoms. The fourth-order valence-corrected chi connectivity index (χ4v) is 1.97. The Morgan fingerprint density at radius 1 is 1.20 bits per heavy atom. The molecule has 0 fully saturated rings. The van der Waals surface area contributed by atoms with E-state index in [2.05, 4.69) is 12.2 Å². The molecule has 0 aromatic rings. The highest BCUT2D eigenvalue weighted by Crippen LogP contribution is 2.17. The molecule has 2 N–H and O–H groups in total. The number of nitrogens with zero attached hydrogens (tertiary/aromatic N) is 1. The molecule has 1 unspecified atom stereocenters. The number of likely N-dealkylation sites (N-methyl/N-ethyl adjacent to an activating group) is 1. The van der Waals surface area contributed by atoms with Gasteiger partial charge < -0.3 is 15.3 Å². The minimum atomic E-state index is -0.779. The Balaban J connectivity index is 3.94. The number of carbonyl (C=O) groups excluding carboxylic acids is 2. The van der Waals surface area contributed by atoms with Crippen molar-refractivity contribution in [2.24, 2.45) is 5.92 Å². The summed E-state index contributed by atoms with van der Waals surface area (Å²) in [6.07, 6.45) is 3.57. The van der Waals surface area contributed by atoms with E-state index >= 15 is 0 Å². The molecule has 0 saturated heterocycles. The molecule has 2 amide bonds. The second-order valence-electron chi connectivity index (χ2n) is 5.10. The molecule has 0 saturated carbocycles. The summed E-state index contributed by atoms with van der Waals surface area (Å²) in [5, 5.41) is 11.5. The normalized spacial score (nSPS) is 11.8. The molecule has 0 aliphatic carbocycles. The Bertz CT molecular complexity index is 331. The zero-order valence-corrected chi connectivity index (χ0v) is 12.6. The number of hydrogen-bond donors (Lipinski definition) is 2. The van der Waals surface area contributed by atoms with Crippen LogP contribution in [0.4, 0.5) is 0 Å². The zero-order valence-electron chi connectivity index (χ0n) is 12.6. The third kappa shape index (κ3) is 9.35. The van der Waals surface area contributed by atoms with Crippen molar-refractivity contribution in [3.05, 3.63) is 0 Å². The minimum absolute atomic E-state index is 0.0584. The molecule has 0 aliphatic heterocycles. The van der Waals surface area contributed by atoms with E-state index in [9.17, 15) is 14.4 Å². The number of carbonyl (C=O) groups is 3. The Labute approximate surface area is 120 Å². The van der Waals surface area contributed by atoms with Crippen LogP contribution in [0.15, 0.2) is 0 Å². The SMILES string of the molecule is CCCC(CCNC(=O)CN(C)C(C)=O)CCC(=O)O. The van der Waals surface area contributed by atoms with Gasteiger partial charge in [-0.2, -0.15) is 0 Å². The van der Waals surface area contributed by atoms with Gasteiger partial charge in [0.1, 0.15) is 0 Å². The number of rotatable bonds is 10. The van der Waals surface area contributed by atoms with Gasteiger partial charge in [-0.15, -0.1) is 0 Å². The zero-order chi connectivity index (χ0) is 15.5. The van der Waals surface area contributed by atoms with Crippen LogP contribution in [0.3, 0.4) is 0 Å². The van der Waals surface area contributed by atoms with Gasteiger partial charge >= 0.3 is 5.97 Å². The number of amides is 2. The lowest BCUT2D eigenvalue weighted by molar-refractivity contribution is -0.137. The van der Waals surface area contributed by atoms with E-state index in [1.165, 1.54) is 11.8 Å². The van der Waals surface area contributed by atoms with E-state index < -0.39 is 5.97 Å². The largest absolute Gasteiger partial charge is 0.481 e. The first-order valence-electron chi connectivity index (χ1n) is 7.07. The Morgan fingerprint density at radius 2 is 1.85 bits per heavy atom. The number of carboxylic acids is 1. The minimum Gasteiger partial charge on any atom is -0.481 e. The molecule has 0 radical (unpaired) electrons. The number of hydrogen-bond acceptors (Lipinski definition) is 3. The molecule has 0 aromatic heterocycles. The van der Waals surface area contributed by atoms with Crippen LogP contribution in [0.25, 0.3) is 0 Å². The summed E-state index contributed by atoms with van der Waals surface area (Å²) in [4.78, 5) is 34.5. The second-order valence-corrected chi connectivity index (χ2v) is 5.10.